The highest BCUT2D eigenvalue weighted by atomic mass is 16.5. The Kier molecular flexibility index (Phi) is 5.25. The first-order valence-corrected chi connectivity index (χ1v) is 8.77. The summed E-state index contributed by atoms with van der Waals surface area (Å²) in [4.78, 5) is 9.26. The SMILES string of the molecule is COc1ccc(CN2CCN(Cc3ccc(N)nc3)CC2(C)C)cc1. The fourth-order valence-corrected chi connectivity index (χ4v) is 3.46. The lowest BCUT2D eigenvalue weighted by Crippen LogP contribution is -2.58. The van der Waals surface area contributed by atoms with E-state index in [1.165, 1.54) is 11.1 Å². The van der Waals surface area contributed by atoms with Crippen molar-refractivity contribution in [3.8, 4) is 5.75 Å². The minimum absolute atomic E-state index is 0.124. The van der Waals surface area contributed by atoms with Gasteiger partial charge in [0.2, 0.25) is 0 Å². The molecular formula is C20H28N4O. The van der Waals surface area contributed by atoms with E-state index in [4.69, 9.17) is 10.5 Å². The molecule has 0 spiro atoms. The number of nitrogens with two attached hydrogens (primary N) is 1. The largest absolute Gasteiger partial charge is 0.497 e. The molecule has 2 N–H and O–H groups in total. The maximum absolute atomic E-state index is 5.67. The summed E-state index contributed by atoms with van der Waals surface area (Å²) < 4.78 is 5.24. The Hall–Kier alpha value is -2.11. The van der Waals surface area contributed by atoms with E-state index < -0.39 is 0 Å². The normalized spacial score (nSPS) is 18.2. The molecule has 0 bridgehead atoms. The topological polar surface area (TPSA) is 54.6 Å². The fourth-order valence-electron chi connectivity index (χ4n) is 3.46. The minimum atomic E-state index is 0.124. The predicted molar refractivity (Wildman–Crippen MR) is 101 cm³/mol. The number of ether oxygens (including phenoxy) is 1. The highest BCUT2D eigenvalue weighted by Gasteiger charge is 2.33. The zero-order valence-electron chi connectivity index (χ0n) is 15.4. The van der Waals surface area contributed by atoms with Crippen LogP contribution in [0.15, 0.2) is 42.6 Å². The maximum Gasteiger partial charge on any atom is 0.123 e. The number of rotatable bonds is 5. The van der Waals surface area contributed by atoms with E-state index in [9.17, 15) is 0 Å². The molecule has 2 aromatic rings. The van der Waals surface area contributed by atoms with Gasteiger partial charge in [-0.3, -0.25) is 9.80 Å². The molecule has 0 saturated carbocycles. The van der Waals surface area contributed by atoms with Crippen molar-refractivity contribution in [2.45, 2.75) is 32.5 Å². The highest BCUT2D eigenvalue weighted by Crippen LogP contribution is 2.25. The van der Waals surface area contributed by atoms with Crippen LogP contribution in [-0.2, 0) is 13.1 Å². The number of methoxy groups -OCH3 is 1. The van der Waals surface area contributed by atoms with Gasteiger partial charge < -0.3 is 10.5 Å². The highest BCUT2D eigenvalue weighted by molar-refractivity contribution is 5.29. The van der Waals surface area contributed by atoms with Gasteiger partial charge in [0.25, 0.3) is 0 Å². The number of pyridine rings is 1. The van der Waals surface area contributed by atoms with Crippen LogP contribution in [0.25, 0.3) is 0 Å². The monoisotopic (exact) mass is 340 g/mol. The number of aromatic nitrogens is 1. The fraction of sp³-hybridized carbons (Fsp3) is 0.450. The Labute approximate surface area is 150 Å². The van der Waals surface area contributed by atoms with Crippen LogP contribution < -0.4 is 10.5 Å². The number of nitrogen functional groups attached to an aromatic ring is 1. The average molecular weight is 340 g/mol. The van der Waals surface area contributed by atoms with Crippen LogP contribution in [-0.4, -0.2) is 47.1 Å². The Morgan fingerprint density at radius 1 is 1.04 bits per heavy atom. The third kappa shape index (κ3) is 4.50. The van der Waals surface area contributed by atoms with Gasteiger partial charge in [0, 0.05) is 44.5 Å². The van der Waals surface area contributed by atoms with Gasteiger partial charge >= 0.3 is 0 Å². The molecule has 5 nitrogen and oxygen atoms in total. The molecular weight excluding hydrogens is 312 g/mol. The molecule has 25 heavy (non-hydrogen) atoms. The van der Waals surface area contributed by atoms with Crippen molar-refractivity contribution in [2.24, 2.45) is 0 Å². The van der Waals surface area contributed by atoms with E-state index in [-0.39, 0.29) is 5.54 Å². The van der Waals surface area contributed by atoms with Crippen molar-refractivity contribution >= 4 is 5.82 Å². The maximum atomic E-state index is 5.67. The Bertz CT molecular complexity index is 682. The van der Waals surface area contributed by atoms with Crippen molar-refractivity contribution in [1.82, 2.24) is 14.8 Å². The van der Waals surface area contributed by atoms with Crippen LogP contribution >= 0.6 is 0 Å². The first-order chi connectivity index (χ1) is 12.0. The van der Waals surface area contributed by atoms with Crippen molar-refractivity contribution in [1.29, 1.82) is 0 Å². The second kappa shape index (κ2) is 7.42. The number of benzene rings is 1. The van der Waals surface area contributed by atoms with Gasteiger partial charge in [-0.2, -0.15) is 0 Å². The molecule has 2 heterocycles. The lowest BCUT2D eigenvalue weighted by Gasteiger charge is -2.47. The summed E-state index contributed by atoms with van der Waals surface area (Å²) in [7, 11) is 1.70. The van der Waals surface area contributed by atoms with Crippen LogP contribution in [0.5, 0.6) is 5.75 Å². The molecule has 0 amide bonds. The van der Waals surface area contributed by atoms with Gasteiger partial charge in [0.15, 0.2) is 0 Å². The van der Waals surface area contributed by atoms with Crippen LogP contribution in [0.1, 0.15) is 25.0 Å². The van der Waals surface area contributed by atoms with Gasteiger partial charge in [-0.1, -0.05) is 18.2 Å². The van der Waals surface area contributed by atoms with Crippen LogP contribution in [0.3, 0.4) is 0 Å². The first-order valence-electron chi connectivity index (χ1n) is 8.77. The summed E-state index contributed by atoms with van der Waals surface area (Å²) in [5, 5.41) is 0. The van der Waals surface area contributed by atoms with Crippen LogP contribution in [0.4, 0.5) is 5.82 Å². The van der Waals surface area contributed by atoms with E-state index in [0.29, 0.717) is 5.82 Å². The molecule has 1 fully saturated rings. The van der Waals surface area contributed by atoms with Crippen LogP contribution in [0.2, 0.25) is 0 Å². The van der Waals surface area contributed by atoms with E-state index in [1.807, 2.05) is 24.4 Å². The standard InChI is InChI=1S/C20H28N4O/c1-20(2)15-23(13-17-6-9-19(21)22-12-17)10-11-24(20)14-16-4-7-18(25-3)8-5-16/h4-9,12H,10-11,13-15H2,1-3H3,(H2,21,22). The summed E-state index contributed by atoms with van der Waals surface area (Å²) in [5.74, 6) is 1.48. The minimum Gasteiger partial charge on any atom is -0.497 e. The van der Waals surface area contributed by atoms with Crippen molar-refractivity contribution in [3.05, 3.63) is 53.7 Å². The van der Waals surface area contributed by atoms with Crippen molar-refractivity contribution < 1.29 is 4.74 Å². The van der Waals surface area contributed by atoms with E-state index in [0.717, 1.165) is 38.5 Å². The number of piperazine rings is 1. The molecule has 0 atom stereocenters. The molecule has 1 aromatic carbocycles. The van der Waals surface area contributed by atoms with Crippen LogP contribution in [0, 0.1) is 0 Å². The second-order valence-corrected chi connectivity index (χ2v) is 7.38. The van der Waals surface area contributed by atoms with Gasteiger partial charge in [-0.25, -0.2) is 4.98 Å². The number of anilines is 1. The number of nitrogens with zero attached hydrogens (tertiary/aromatic N) is 3. The quantitative estimate of drug-likeness (QED) is 0.907. The van der Waals surface area contributed by atoms with Gasteiger partial charge in [-0.05, 0) is 43.2 Å². The Morgan fingerprint density at radius 2 is 1.76 bits per heavy atom. The zero-order chi connectivity index (χ0) is 17.9. The molecule has 1 aliphatic heterocycles. The lowest BCUT2D eigenvalue weighted by molar-refractivity contribution is 0.0103. The summed E-state index contributed by atoms with van der Waals surface area (Å²) in [5.41, 5.74) is 8.34. The second-order valence-electron chi connectivity index (χ2n) is 7.38. The third-order valence-corrected chi connectivity index (χ3v) is 4.94. The lowest BCUT2D eigenvalue weighted by atomic mass is 9.97. The molecule has 0 unspecified atom stereocenters. The molecule has 3 rings (SSSR count). The van der Waals surface area contributed by atoms with E-state index >= 15 is 0 Å². The molecule has 1 aromatic heterocycles. The molecule has 0 radical (unpaired) electrons. The summed E-state index contributed by atoms with van der Waals surface area (Å²) in [6, 6.07) is 12.3. The summed E-state index contributed by atoms with van der Waals surface area (Å²) in [6.07, 6.45) is 1.88. The van der Waals surface area contributed by atoms with Gasteiger partial charge in [0.05, 0.1) is 7.11 Å². The van der Waals surface area contributed by atoms with Crippen molar-refractivity contribution in [3.63, 3.8) is 0 Å². The average Bonchev–Trinajstić information content (AvgIpc) is 2.59. The molecule has 1 aliphatic rings. The summed E-state index contributed by atoms with van der Waals surface area (Å²) in [6.45, 7) is 9.69. The first kappa shape index (κ1) is 17.7. The molecule has 5 heteroatoms. The predicted octanol–water partition coefficient (Wildman–Crippen LogP) is 2.77. The smallest absolute Gasteiger partial charge is 0.123 e. The Balaban J connectivity index is 1.60. The number of hydrogen-bond acceptors (Lipinski definition) is 5. The molecule has 0 aliphatic carbocycles. The van der Waals surface area contributed by atoms with E-state index in [2.05, 4.69) is 46.8 Å². The van der Waals surface area contributed by atoms with Gasteiger partial charge in [-0.15, -0.1) is 0 Å². The summed E-state index contributed by atoms with van der Waals surface area (Å²) >= 11 is 0. The van der Waals surface area contributed by atoms with E-state index in [1.54, 1.807) is 7.11 Å². The Morgan fingerprint density at radius 3 is 2.36 bits per heavy atom. The molecule has 134 valence electrons. The molecule has 1 saturated heterocycles. The zero-order valence-corrected chi connectivity index (χ0v) is 15.4. The third-order valence-electron chi connectivity index (χ3n) is 4.94. The van der Waals surface area contributed by atoms with Crippen molar-refractivity contribution in [2.75, 3.05) is 32.5 Å². The van der Waals surface area contributed by atoms with Gasteiger partial charge in [0.1, 0.15) is 11.6 Å². The number of hydrogen-bond donors (Lipinski definition) is 1.